The van der Waals surface area contributed by atoms with E-state index < -0.39 is 0 Å². The normalized spacial score (nSPS) is 10.7. The first-order valence-electron chi connectivity index (χ1n) is 7.82. The van der Waals surface area contributed by atoms with Crippen LogP contribution in [-0.2, 0) is 9.59 Å². The molecule has 2 amide bonds. The predicted molar refractivity (Wildman–Crippen MR) is 104 cm³/mol. The molecule has 2 aromatic rings. The molecule has 0 bridgehead atoms. The summed E-state index contributed by atoms with van der Waals surface area (Å²) in [4.78, 5) is 23.8. The maximum Gasteiger partial charge on any atom is 0.248 e. The molecule has 2 N–H and O–H groups in total. The maximum absolute atomic E-state index is 12.1. The van der Waals surface area contributed by atoms with Crippen LogP contribution in [0.1, 0.15) is 25.3 Å². The van der Waals surface area contributed by atoms with Crippen LogP contribution >= 0.6 is 23.2 Å². The highest BCUT2D eigenvalue weighted by molar-refractivity contribution is 6.34. The lowest BCUT2D eigenvalue weighted by Crippen LogP contribution is -2.12. The van der Waals surface area contributed by atoms with Gasteiger partial charge in [-0.25, -0.2) is 0 Å². The van der Waals surface area contributed by atoms with E-state index in [4.69, 9.17) is 23.2 Å². The average Bonchev–Trinajstić information content (AvgIpc) is 2.57. The number of amides is 2. The highest BCUT2D eigenvalue weighted by atomic mass is 35.5. The molecule has 6 heteroatoms. The molecule has 0 atom stereocenters. The minimum Gasteiger partial charge on any atom is -0.326 e. The van der Waals surface area contributed by atoms with Crippen LogP contribution in [0.15, 0.2) is 48.5 Å². The van der Waals surface area contributed by atoms with E-state index in [-0.39, 0.29) is 11.8 Å². The number of halogens is 2. The monoisotopic (exact) mass is 376 g/mol. The molecule has 0 heterocycles. The summed E-state index contributed by atoms with van der Waals surface area (Å²) < 4.78 is 0. The van der Waals surface area contributed by atoms with Gasteiger partial charge in [0.2, 0.25) is 11.8 Å². The first kappa shape index (κ1) is 19.0. The van der Waals surface area contributed by atoms with Crippen molar-refractivity contribution < 1.29 is 9.59 Å². The quantitative estimate of drug-likeness (QED) is 0.664. The number of hydrogen-bond donors (Lipinski definition) is 2. The van der Waals surface area contributed by atoms with E-state index in [1.165, 1.54) is 6.08 Å². The predicted octanol–water partition coefficient (Wildman–Crippen LogP) is 5.38. The van der Waals surface area contributed by atoms with Gasteiger partial charge in [-0.05, 0) is 42.3 Å². The third kappa shape index (κ3) is 5.93. The Labute approximate surface area is 156 Å². The van der Waals surface area contributed by atoms with Crippen molar-refractivity contribution in [2.45, 2.75) is 19.8 Å². The summed E-state index contributed by atoms with van der Waals surface area (Å²) in [7, 11) is 0. The van der Waals surface area contributed by atoms with E-state index in [1.807, 2.05) is 25.1 Å². The van der Waals surface area contributed by atoms with Crippen molar-refractivity contribution in [1.29, 1.82) is 0 Å². The molecule has 2 aromatic carbocycles. The van der Waals surface area contributed by atoms with Gasteiger partial charge in [0.25, 0.3) is 0 Å². The zero-order valence-corrected chi connectivity index (χ0v) is 15.2. The molecule has 0 saturated carbocycles. The van der Waals surface area contributed by atoms with E-state index in [0.29, 0.717) is 27.8 Å². The van der Waals surface area contributed by atoms with Gasteiger partial charge in [0, 0.05) is 23.2 Å². The van der Waals surface area contributed by atoms with Gasteiger partial charge in [-0.15, -0.1) is 0 Å². The van der Waals surface area contributed by atoms with Gasteiger partial charge >= 0.3 is 0 Å². The maximum atomic E-state index is 12.1. The summed E-state index contributed by atoms with van der Waals surface area (Å²) in [6, 6.07) is 12.1. The number of benzene rings is 2. The van der Waals surface area contributed by atoms with Crippen molar-refractivity contribution in [1.82, 2.24) is 0 Å². The van der Waals surface area contributed by atoms with Crippen LogP contribution in [-0.4, -0.2) is 11.8 Å². The van der Waals surface area contributed by atoms with E-state index in [9.17, 15) is 9.59 Å². The van der Waals surface area contributed by atoms with Crippen LogP contribution < -0.4 is 10.6 Å². The number of carbonyl (C=O) groups excluding carboxylic acids is 2. The first-order chi connectivity index (χ1) is 12.0. The van der Waals surface area contributed by atoms with E-state index >= 15 is 0 Å². The topological polar surface area (TPSA) is 58.2 Å². The molecule has 0 aliphatic carbocycles. The molecule has 0 aromatic heterocycles. The fourth-order valence-electron chi connectivity index (χ4n) is 2.10. The number of carbonyl (C=O) groups is 2. The van der Waals surface area contributed by atoms with Crippen LogP contribution in [0.5, 0.6) is 0 Å². The van der Waals surface area contributed by atoms with E-state index in [2.05, 4.69) is 10.6 Å². The molecule has 0 fully saturated rings. The Kier molecular flexibility index (Phi) is 7.04. The summed E-state index contributed by atoms with van der Waals surface area (Å²) in [6.45, 7) is 1.93. The highest BCUT2D eigenvalue weighted by Gasteiger charge is 2.07. The van der Waals surface area contributed by atoms with Crippen molar-refractivity contribution in [3.63, 3.8) is 0 Å². The second-order valence-corrected chi connectivity index (χ2v) is 6.15. The Balaban J connectivity index is 2.07. The van der Waals surface area contributed by atoms with E-state index in [0.717, 1.165) is 12.0 Å². The lowest BCUT2D eigenvalue weighted by Gasteiger charge is -2.09. The highest BCUT2D eigenvalue weighted by Crippen LogP contribution is 2.26. The zero-order chi connectivity index (χ0) is 18.2. The smallest absolute Gasteiger partial charge is 0.248 e. The summed E-state index contributed by atoms with van der Waals surface area (Å²) in [5, 5.41) is 6.40. The first-order valence-corrected chi connectivity index (χ1v) is 8.58. The van der Waals surface area contributed by atoms with Gasteiger partial charge in [0.15, 0.2) is 0 Å². The summed E-state index contributed by atoms with van der Waals surface area (Å²) in [5.74, 6) is -0.431. The van der Waals surface area contributed by atoms with Crippen molar-refractivity contribution in [2.24, 2.45) is 0 Å². The number of anilines is 2. The fourth-order valence-corrected chi connectivity index (χ4v) is 2.46. The third-order valence-corrected chi connectivity index (χ3v) is 3.98. The number of nitrogens with one attached hydrogen (secondary N) is 2. The zero-order valence-electron chi connectivity index (χ0n) is 13.7. The molecule has 0 aliphatic heterocycles. The van der Waals surface area contributed by atoms with Crippen LogP contribution in [0.3, 0.4) is 0 Å². The Morgan fingerprint density at radius 3 is 2.52 bits per heavy atom. The Bertz CT molecular complexity index is 804. The van der Waals surface area contributed by atoms with Gasteiger partial charge < -0.3 is 10.6 Å². The molecule has 0 unspecified atom stereocenters. The fraction of sp³-hybridized carbons (Fsp3) is 0.158. The molecule has 0 radical (unpaired) electrons. The Hall–Kier alpha value is -2.30. The molecule has 25 heavy (non-hydrogen) atoms. The molecule has 0 saturated heterocycles. The summed E-state index contributed by atoms with van der Waals surface area (Å²) in [5.41, 5.74) is 1.74. The minimum atomic E-state index is -0.348. The molecule has 0 aliphatic rings. The molecule has 2 rings (SSSR count). The SMILES string of the molecule is CCCC(=O)Nc1ccc(Cl)c(NC(=O)/C=C/c2ccccc2Cl)c1. The standard InChI is InChI=1S/C19H18Cl2N2O2/c1-2-5-18(24)22-14-9-10-16(21)17(12-14)23-19(25)11-8-13-6-3-4-7-15(13)20/h3-4,6-12H,2,5H2,1H3,(H,22,24)(H,23,25)/b11-8+. The van der Waals surface area contributed by atoms with Gasteiger partial charge in [-0.2, -0.15) is 0 Å². The Morgan fingerprint density at radius 2 is 1.80 bits per heavy atom. The third-order valence-electron chi connectivity index (χ3n) is 3.30. The molecule has 4 nitrogen and oxygen atoms in total. The van der Waals surface area contributed by atoms with Gasteiger partial charge in [-0.1, -0.05) is 48.3 Å². The van der Waals surface area contributed by atoms with Crippen molar-refractivity contribution in [2.75, 3.05) is 10.6 Å². The van der Waals surface area contributed by atoms with Crippen molar-refractivity contribution in [3.05, 3.63) is 64.1 Å². The molecular weight excluding hydrogens is 359 g/mol. The Morgan fingerprint density at radius 1 is 1.04 bits per heavy atom. The van der Waals surface area contributed by atoms with Gasteiger partial charge in [-0.3, -0.25) is 9.59 Å². The van der Waals surface area contributed by atoms with Crippen molar-refractivity contribution >= 4 is 52.5 Å². The molecule has 130 valence electrons. The lowest BCUT2D eigenvalue weighted by atomic mass is 10.2. The van der Waals surface area contributed by atoms with Gasteiger partial charge in [0.1, 0.15) is 0 Å². The summed E-state index contributed by atoms with van der Waals surface area (Å²) in [6.07, 6.45) is 4.19. The van der Waals surface area contributed by atoms with Crippen LogP contribution in [0.4, 0.5) is 11.4 Å². The summed E-state index contributed by atoms with van der Waals surface area (Å²) >= 11 is 12.2. The number of rotatable bonds is 6. The van der Waals surface area contributed by atoms with Gasteiger partial charge in [0.05, 0.1) is 10.7 Å². The van der Waals surface area contributed by atoms with Crippen LogP contribution in [0.25, 0.3) is 6.08 Å². The lowest BCUT2D eigenvalue weighted by molar-refractivity contribution is -0.116. The van der Waals surface area contributed by atoms with Crippen LogP contribution in [0.2, 0.25) is 10.0 Å². The largest absolute Gasteiger partial charge is 0.326 e. The van der Waals surface area contributed by atoms with E-state index in [1.54, 1.807) is 30.3 Å². The molecule has 0 spiro atoms. The number of hydrogen-bond acceptors (Lipinski definition) is 2. The average molecular weight is 377 g/mol. The van der Waals surface area contributed by atoms with Crippen molar-refractivity contribution in [3.8, 4) is 0 Å². The second-order valence-electron chi connectivity index (χ2n) is 5.34. The second kappa shape index (κ2) is 9.25. The minimum absolute atomic E-state index is 0.0827. The van der Waals surface area contributed by atoms with Crippen LogP contribution in [0, 0.1) is 0 Å². The molecular formula is C19H18Cl2N2O2.